The van der Waals surface area contributed by atoms with Gasteiger partial charge in [0.15, 0.2) is 5.17 Å². The van der Waals surface area contributed by atoms with E-state index in [0.29, 0.717) is 33.9 Å². The number of aliphatic imine (C=N–C) groups is 1. The van der Waals surface area contributed by atoms with Crippen molar-refractivity contribution in [2.75, 3.05) is 6.61 Å². The minimum atomic E-state index is -0.983. The Hall–Kier alpha value is -3.78. The van der Waals surface area contributed by atoms with Gasteiger partial charge in [0.25, 0.3) is 5.91 Å². The van der Waals surface area contributed by atoms with Crippen LogP contribution in [0.2, 0.25) is 0 Å². The maximum Gasteiger partial charge on any atom is 0.335 e. The summed E-state index contributed by atoms with van der Waals surface area (Å²) in [6, 6.07) is 17.2. The number of amides is 1. The van der Waals surface area contributed by atoms with Crippen LogP contribution in [0.3, 0.4) is 0 Å². The smallest absolute Gasteiger partial charge is 0.335 e. The van der Waals surface area contributed by atoms with E-state index in [2.05, 4.69) is 10.3 Å². The van der Waals surface area contributed by atoms with Crippen LogP contribution < -0.4 is 10.1 Å². The fourth-order valence-electron chi connectivity index (χ4n) is 2.87. The van der Waals surface area contributed by atoms with Gasteiger partial charge in [0.05, 0.1) is 22.8 Å². The van der Waals surface area contributed by atoms with Crippen LogP contribution in [0.5, 0.6) is 5.75 Å². The van der Waals surface area contributed by atoms with Gasteiger partial charge in [-0.15, -0.1) is 0 Å². The zero-order valence-corrected chi connectivity index (χ0v) is 17.3. The van der Waals surface area contributed by atoms with Crippen LogP contribution in [-0.4, -0.2) is 28.8 Å². The molecule has 31 heavy (non-hydrogen) atoms. The summed E-state index contributed by atoms with van der Waals surface area (Å²) < 4.78 is 11.2. The van der Waals surface area contributed by atoms with Crippen molar-refractivity contribution in [2.24, 2.45) is 4.99 Å². The van der Waals surface area contributed by atoms with Gasteiger partial charge in [-0.25, -0.2) is 9.79 Å². The standard InChI is InChI=1S/C23H18N2O5S/c1-2-29-17-9-7-16(8-10-17)24-23-25-21(26)20(31-23)13-18-11-12-19(30-18)14-3-5-15(6-4-14)22(27)28/h3-13H,2H2,1H3,(H,27,28)(H,24,25,26)/b20-13-. The number of benzene rings is 2. The first kappa shape index (κ1) is 20.5. The molecule has 2 N–H and O–H groups in total. The number of carbonyl (C=O) groups is 2. The van der Waals surface area contributed by atoms with E-state index in [-0.39, 0.29) is 11.5 Å². The summed E-state index contributed by atoms with van der Waals surface area (Å²) in [5.74, 6) is 0.621. The molecule has 1 fully saturated rings. The molecule has 7 nitrogen and oxygen atoms in total. The monoisotopic (exact) mass is 434 g/mol. The highest BCUT2D eigenvalue weighted by Gasteiger charge is 2.24. The van der Waals surface area contributed by atoms with Crippen LogP contribution in [0, 0.1) is 0 Å². The number of ether oxygens (including phenoxy) is 1. The fourth-order valence-corrected chi connectivity index (χ4v) is 3.70. The van der Waals surface area contributed by atoms with Crippen LogP contribution in [0.25, 0.3) is 17.4 Å². The molecule has 0 spiro atoms. The number of nitrogens with one attached hydrogen (secondary N) is 1. The van der Waals surface area contributed by atoms with Gasteiger partial charge in [0.2, 0.25) is 0 Å². The van der Waals surface area contributed by atoms with Gasteiger partial charge in [-0.2, -0.15) is 0 Å². The molecule has 0 atom stereocenters. The summed E-state index contributed by atoms with van der Waals surface area (Å²) in [7, 11) is 0. The van der Waals surface area contributed by atoms with Crippen LogP contribution >= 0.6 is 11.8 Å². The second kappa shape index (κ2) is 8.93. The van der Waals surface area contributed by atoms with Gasteiger partial charge < -0.3 is 19.6 Å². The maximum absolute atomic E-state index is 12.3. The number of carbonyl (C=O) groups excluding carboxylic acids is 1. The van der Waals surface area contributed by atoms with Gasteiger partial charge in [0, 0.05) is 11.6 Å². The second-order valence-corrected chi connectivity index (χ2v) is 7.52. The number of thioether (sulfide) groups is 1. The third-order valence-electron chi connectivity index (χ3n) is 4.35. The van der Waals surface area contributed by atoms with Gasteiger partial charge in [-0.1, -0.05) is 12.1 Å². The van der Waals surface area contributed by atoms with E-state index in [0.717, 1.165) is 11.3 Å². The average Bonchev–Trinajstić information content (AvgIpc) is 3.36. The van der Waals surface area contributed by atoms with Gasteiger partial charge in [-0.3, -0.25) is 4.79 Å². The van der Waals surface area contributed by atoms with E-state index >= 15 is 0 Å². The predicted molar refractivity (Wildman–Crippen MR) is 120 cm³/mol. The summed E-state index contributed by atoms with van der Waals surface area (Å²) in [5, 5.41) is 12.2. The van der Waals surface area contributed by atoms with Crippen molar-refractivity contribution < 1.29 is 23.8 Å². The van der Waals surface area contributed by atoms with Crippen LogP contribution in [-0.2, 0) is 4.79 Å². The summed E-state index contributed by atoms with van der Waals surface area (Å²) >= 11 is 1.23. The summed E-state index contributed by atoms with van der Waals surface area (Å²) in [6.45, 7) is 2.51. The molecule has 2 aromatic carbocycles. The van der Waals surface area contributed by atoms with Crippen molar-refractivity contribution >= 4 is 40.6 Å². The molecule has 0 unspecified atom stereocenters. The van der Waals surface area contributed by atoms with Gasteiger partial charge in [0.1, 0.15) is 17.3 Å². The lowest BCUT2D eigenvalue weighted by Gasteiger charge is -2.02. The Morgan fingerprint density at radius 3 is 2.55 bits per heavy atom. The molecule has 8 heteroatoms. The van der Waals surface area contributed by atoms with Crippen molar-refractivity contribution in [3.63, 3.8) is 0 Å². The number of nitrogens with zero attached hydrogens (tertiary/aromatic N) is 1. The Morgan fingerprint density at radius 1 is 1.13 bits per heavy atom. The number of carboxylic acid groups (broad SMARTS) is 1. The average molecular weight is 434 g/mol. The van der Waals surface area contributed by atoms with Crippen LogP contribution in [0.15, 0.2) is 75.0 Å². The van der Waals surface area contributed by atoms with Crippen LogP contribution in [0.4, 0.5) is 5.69 Å². The molecule has 0 bridgehead atoms. The van der Waals surface area contributed by atoms with Crippen molar-refractivity contribution in [1.82, 2.24) is 5.32 Å². The second-order valence-electron chi connectivity index (χ2n) is 6.49. The predicted octanol–water partition coefficient (Wildman–Crippen LogP) is 4.94. The summed E-state index contributed by atoms with van der Waals surface area (Å²) in [5.41, 5.74) is 1.66. The number of hydrogen-bond donors (Lipinski definition) is 2. The zero-order valence-electron chi connectivity index (χ0n) is 16.5. The van der Waals surface area contributed by atoms with E-state index < -0.39 is 5.97 Å². The molecular formula is C23H18N2O5S. The summed E-state index contributed by atoms with van der Waals surface area (Å²) in [4.78, 5) is 28.2. The number of aromatic carboxylic acids is 1. The first-order valence-electron chi connectivity index (χ1n) is 9.48. The van der Waals surface area contributed by atoms with E-state index in [1.54, 1.807) is 30.3 Å². The number of rotatable bonds is 6. The van der Waals surface area contributed by atoms with Gasteiger partial charge in [-0.05, 0) is 67.2 Å². The zero-order chi connectivity index (χ0) is 21.8. The molecule has 156 valence electrons. The normalized spacial score (nSPS) is 16.0. The molecule has 4 rings (SSSR count). The molecule has 0 saturated carbocycles. The van der Waals surface area contributed by atoms with E-state index in [1.807, 2.05) is 31.2 Å². The lowest BCUT2D eigenvalue weighted by Crippen LogP contribution is -2.19. The Bertz CT molecular complexity index is 1180. The van der Waals surface area contributed by atoms with Crippen LogP contribution in [0.1, 0.15) is 23.0 Å². The number of carboxylic acids is 1. The third kappa shape index (κ3) is 4.87. The molecule has 1 saturated heterocycles. The van der Waals surface area contributed by atoms with E-state index in [9.17, 15) is 9.59 Å². The minimum Gasteiger partial charge on any atom is -0.494 e. The molecule has 1 amide bonds. The number of hydrogen-bond acceptors (Lipinski definition) is 6. The fraction of sp³-hybridized carbons (Fsp3) is 0.0870. The lowest BCUT2D eigenvalue weighted by atomic mass is 10.1. The summed E-state index contributed by atoms with van der Waals surface area (Å²) in [6.07, 6.45) is 1.65. The SMILES string of the molecule is CCOc1ccc(N=C2NC(=O)/C(=C/c3ccc(-c4ccc(C(=O)O)cc4)o3)S2)cc1. The van der Waals surface area contributed by atoms with Crippen molar-refractivity contribution in [2.45, 2.75) is 6.92 Å². The molecule has 1 aliphatic heterocycles. The lowest BCUT2D eigenvalue weighted by molar-refractivity contribution is -0.115. The van der Waals surface area contributed by atoms with E-state index in [1.165, 1.54) is 23.9 Å². The largest absolute Gasteiger partial charge is 0.494 e. The molecule has 2 heterocycles. The first-order chi connectivity index (χ1) is 15.0. The topological polar surface area (TPSA) is 101 Å². The molecule has 0 radical (unpaired) electrons. The quantitative estimate of drug-likeness (QED) is 0.533. The minimum absolute atomic E-state index is 0.205. The highest BCUT2D eigenvalue weighted by molar-refractivity contribution is 8.18. The molecular weight excluding hydrogens is 416 g/mol. The maximum atomic E-state index is 12.3. The molecule has 0 aliphatic carbocycles. The highest BCUT2D eigenvalue weighted by atomic mass is 32.2. The number of amidine groups is 1. The first-order valence-corrected chi connectivity index (χ1v) is 10.3. The Morgan fingerprint density at radius 2 is 1.87 bits per heavy atom. The molecule has 3 aromatic rings. The Balaban J connectivity index is 1.48. The molecule has 1 aliphatic rings. The highest BCUT2D eigenvalue weighted by Crippen LogP contribution is 2.30. The molecule has 1 aromatic heterocycles. The number of furan rings is 1. The van der Waals surface area contributed by atoms with Crippen molar-refractivity contribution in [3.8, 4) is 17.1 Å². The Labute approximate surface area is 182 Å². The third-order valence-corrected chi connectivity index (χ3v) is 5.26. The van der Waals surface area contributed by atoms with E-state index in [4.69, 9.17) is 14.3 Å². The van der Waals surface area contributed by atoms with Gasteiger partial charge >= 0.3 is 5.97 Å². The van der Waals surface area contributed by atoms with Crippen molar-refractivity contribution in [1.29, 1.82) is 0 Å². The Kier molecular flexibility index (Phi) is 5.90. The van der Waals surface area contributed by atoms with Crippen molar-refractivity contribution in [3.05, 3.63) is 76.9 Å².